The molecule has 86 valence electrons. The molecule has 3 unspecified atom stereocenters. The second-order valence-corrected chi connectivity index (χ2v) is 10.3. The molecule has 2 nitrogen and oxygen atoms in total. The van der Waals surface area contributed by atoms with Gasteiger partial charge in [0.2, 0.25) is 0 Å². The predicted octanol–water partition coefficient (Wildman–Crippen LogP) is 3.56. The minimum absolute atomic E-state index is 0.153. The van der Waals surface area contributed by atoms with Crippen molar-refractivity contribution < 1.29 is 4.43 Å². The zero-order chi connectivity index (χ0) is 11.5. The maximum Gasteiger partial charge on any atom is 0.185 e. The SMILES string of the molecule is CC1CCCC(C(C#N)O[Si](C)(C)C)C1. The molecule has 1 fully saturated rings. The molecule has 1 aliphatic rings. The van der Waals surface area contributed by atoms with E-state index in [0.717, 1.165) is 5.92 Å². The molecule has 0 spiro atoms. The molecule has 3 atom stereocenters. The highest BCUT2D eigenvalue weighted by Crippen LogP contribution is 2.32. The van der Waals surface area contributed by atoms with E-state index in [2.05, 4.69) is 32.6 Å². The van der Waals surface area contributed by atoms with Gasteiger partial charge in [0.25, 0.3) is 0 Å². The molecule has 0 aliphatic heterocycles. The molecule has 0 aromatic heterocycles. The number of hydrogen-bond acceptors (Lipinski definition) is 2. The van der Waals surface area contributed by atoms with Gasteiger partial charge in [0.05, 0.1) is 6.07 Å². The van der Waals surface area contributed by atoms with Gasteiger partial charge in [0.15, 0.2) is 8.32 Å². The van der Waals surface area contributed by atoms with Crippen molar-refractivity contribution in [2.45, 2.75) is 58.4 Å². The lowest BCUT2D eigenvalue weighted by Gasteiger charge is -2.33. The Morgan fingerprint density at radius 2 is 2.00 bits per heavy atom. The topological polar surface area (TPSA) is 33.0 Å². The molecule has 0 saturated heterocycles. The summed E-state index contributed by atoms with van der Waals surface area (Å²) >= 11 is 0. The fourth-order valence-electron chi connectivity index (χ4n) is 2.36. The number of hydrogen-bond donors (Lipinski definition) is 0. The molecule has 15 heavy (non-hydrogen) atoms. The summed E-state index contributed by atoms with van der Waals surface area (Å²) in [5.41, 5.74) is 0. The number of nitrogens with zero attached hydrogens (tertiary/aromatic N) is 1. The number of rotatable bonds is 3. The Labute approximate surface area is 94.8 Å². The summed E-state index contributed by atoms with van der Waals surface area (Å²) in [5.74, 6) is 1.25. The Morgan fingerprint density at radius 3 is 2.47 bits per heavy atom. The van der Waals surface area contributed by atoms with Crippen LogP contribution in [-0.4, -0.2) is 14.4 Å². The third-order valence-electron chi connectivity index (χ3n) is 3.01. The second-order valence-electron chi connectivity index (χ2n) is 5.81. The van der Waals surface area contributed by atoms with Gasteiger partial charge in [-0.1, -0.05) is 19.8 Å². The minimum atomic E-state index is -1.57. The van der Waals surface area contributed by atoms with Crippen LogP contribution in [0.4, 0.5) is 0 Å². The first-order valence-corrected chi connectivity index (χ1v) is 9.40. The third-order valence-corrected chi connectivity index (χ3v) is 3.97. The Balaban J connectivity index is 2.55. The van der Waals surface area contributed by atoms with Crippen molar-refractivity contribution in [1.82, 2.24) is 0 Å². The van der Waals surface area contributed by atoms with Crippen molar-refractivity contribution in [3.05, 3.63) is 0 Å². The van der Waals surface area contributed by atoms with Gasteiger partial charge in [0, 0.05) is 0 Å². The van der Waals surface area contributed by atoms with E-state index in [1.54, 1.807) is 0 Å². The molecule has 1 aliphatic carbocycles. The zero-order valence-corrected chi connectivity index (χ0v) is 11.4. The molecule has 0 heterocycles. The van der Waals surface area contributed by atoms with Gasteiger partial charge in [0.1, 0.15) is 6.10 Å². The molecule has 1 saturated carbocycles. The van der Waals surface area contributed by atoms with E-state index >= 15 is 0 Å². The fourth-order valence-corrected chi connectivity index (χ4v) is 3.37. The van der Waals surface area contributed by atoms with Crippen molar-refractivity contribution in [1.29, 1.82) is 5.26 Å². The Morgan fingerprint density at radius 1 is 1.33 bits per heavy atom. The summed E-state index contributed by atoms with van der Waals surface area (Å²) in [6.45, 7) is 8.76. The molecule has 0 radical (unpaired) electrons. The summed E-state index contributed by atoms with van der Waals surface area (Å²) in [6.07, 6.45) is 4.77. The van der Waals surface area contributed by atoms with Gasteiger partial charge in [-0.15, -0.1) is 0 Å². The van der Waals surface area contributed by atoms with E-state index in [0.29, 0.717) is 5.92 Å². The average Bonchev–Trinajstić information content (AvgIpc) is 2.13. The summed E-state index contributed by atoms with van der Waals surface area (Å²) in [6, 6.07) is 2.36. The molecule has 3 heteroatoms. The van der Waals surface area contributed by atoms with Gasteiger partial charge in [-0.2, -0.15) is 5.26 Å². The third kappa shape index (κ3) is 4.36. The summed E-state index contributed by atoms with van der Waals surface area (Å²) in [7, 11) is -1.57. The molecule has 0 aromatic rings. The van der Waals surface area contributed by atoms with Crippen molar-refractivity contribution in [3.8, 4) is 6.07 Å². The van der Waals surface area contributed by atoms with Gasteiger partial charge < -0.3 is 4.43 Å². The van der Waals surface area contributed by atoms with Crippen LogP contribution in [-0.2, 0) is 4.43 Å². The van der Waals surface area contributed by atoms with Crippen LogP contribution in [0.25, 0.3) is 0 Å². The van der Waals surface area contributed by atoms with Crippen LogP contribution in [0.3, 0.4) is 0 Å². The van der Waals surface area contributed by atoms with Crippen LogP contribution < -0.4 is 0 Å². The first kappa shape index (κ1) is 12.7. The molecular formula is C12H23NOSi. The zero-order valence-electron chi connectivity index (χ0n) is 10.4. The van der Waals surface area contributed by atoms with E-state index in [1.807, 2.05) is 0 Å². The smallest absolute Gasteiger partial charge is 0.185 e. The highest BCUT2D eigenvalue weighted by molar-refractivity contribution is 6.69. The lowest BCUT2D eigenvalue weighted by Crippen LogP contribution is -2.37. The number of nitriles is 1. The first-order valence-electron chi connectivity index (χ1n) is 6.00. The lowest BCUT2D eigenvalue weighted by atomic mass is 9.80. The van der Waals surface area contributed by atoms with Gasteiger partial charge in [-0.25, -0.2) is 0 Å². The van der Waals surface area contributed by atoms with Crippen LogP contribution in [0.5, 0.6) is 0 Å². The predicted molar refractivity (Wildman–Crippen MR) is 65.0 cm³/mol. The van der Waals surface area contributed by atoms with Crippen LogP contribution in [0.2, 0.25) is 19.6 Å². The maximum atomic E-state index is 9.18. The van der Waals surface area contributed by atoms with Crippen LogP contribution in [0.15, 0.2) is 0 Å². The van der Waals surface area contributed by atoms with Gasteiger partial charge in [-0.05, 0) is 44.3 Å². The standard InChI is InChI=1S/C12H23NOSi/c1-10-6-5-7-11(8-10)12(9-13)14-15(2,3)4/h10-12H,5-8H2,1-4H3. The van der Waals surface area contributed by atoms with Gasteiger partial charge in [-0.3, -0.25) is 0 Å². The normalized spacial score (nSPS) is 29.5. The van der Waals surface area contributed by atoms with Crippen molar-refractivity contribution in [2.24, 2.45) is 11.8 Å². The van der Waals surface area contributed by atoms with E-state index < -0.39 is 8.32 Å². The molecule has 0 N–H and O–H groups in total. The van der Waals surface area contributed by atoms with Crippen LogP contribution in [0.1, 0.15) is 32.6 Å². The first-order chi connectivity index (χ1) is 6.92. The monoisotopic (exact) mass is 225 g/mol. The maximum absolute atomic E-state index is 9.18. The fraction of sp³-hybridized carbons (Fsp3) is 0.917. The van der Waals surface area contributed by atoms with E-state index in [-0.39, 0.29) is 6.10 Å². The largest absolute Gasteiger partial charge is 0.402 e. The Hall–Kier alpha value is -0.333. The summed E-state index contributed by atoms with van der Waals surface area (Å²) in [4.78, 5) is 0. The van der Waals surface area contributed by atoms with E-state index in [4.69, 9.17) is 4.43 Å². The Kier molecular flexibility index (Phi) is 4.36. The lowest BCUT2D eigenvalue weighted by molar-refractivity contribution is 0.128. The highest BCUT2D eigenvalue weighted by Gasteiger charge is 2.30. The molecule has 0 amide bonds. The van der Waals surface area contributed by atoms with Crippen molar-refractivity contribution in [3.63, 3.8) is 0 Å². The molecule has 0 bridgehead atoms. The van der Waals surface area contributed by atoms with Crippen molar-refractivity contribution >= 4 is 8.32 Å². The highest BCUT2D eigenvalue weighted by atomic mass is 28.4. The van der Waals surface area contributed by atoms with E-state index in [9.17, 15) is 5.26 Å². The van der Waals surface area contributed by atoms with Gasteiger partial charge >= 0.3 is 0 Å². The molecular weight excluding hydrogens is 202 g/mol. The summed E-state index contributed by atoms with van der Waals surface area (Å²) in [5, 5.41) is 9.18. The summed E-state index contributed by atoms with van der Waals surface area (Å²) < 4.78 is 5.95. The average molecular weight is 225 g/mol. The van der Waals surface area contributed by atoms with Crippen LogP contribution in [0, 0.1) is 23.2 Å². The second kappa shape index (κ2) is 5.13. The van der Waals surface area contributed by atoms with E-state index in [1.165, 1.54) is 25.7 Å². The van der Waals surface area contributed by atoms with Crippen LogP contribution >= 0.6 is 0 Å². The van der Waals surface area contributed by atoms with Crippen molar-refractivity contribution in [2.75, 3.05) is 0 Å². The molecule has 0 aromatic carbocycles. The quantitative estimate of drug-likeness (QED) is 0.688. The Bertz CT molecular complexity index is 241. The minimum Gasteiger partial charge on any atom is -0.402 e. The molecule has 1 rings (SSSR count).